The van der Waals surface area contributed by atoms with Crippen LogP contribution in [-0.2, 0) is 13.1 Å². The second kappa shape index (κ2) is 7.36. The average Bonchev–Trinajstić information content (AvgIpc) is 2.84. The zero-order chi connectivity index (χ0) is 14.4. The normalized spacial score (nSPS) is 10.8. The maximum Gasteiger partial charge on any atom is 0.186 e. The second-order valence-corrected chi connectivity index (χ2v) is 5.72. The highest BCUT2D eigenvalue weighted by molar-refractivity contribution is 7.15. The molecule has 0 atom stereocenters. The molecule has 0 amide bonds. The van der Waals surface area contributed by atoms with Gasteiger partial charge in [-0.1, -0.05) is 6.92 Å². The number of aryl methyl sites for hydroxylation is 1. The highest BCUT2D eigenvalue weighted by atomic mass is 32.1. The van der Waals surface area contributed by atoms with Gasteiger partial charge >= 0.3 is 0 Å². The summed E-state index contributed by atoms with van der Waals surface area (Å²) < 4.78 is 0. The summed E-state index contributed by atoms with van der Waals surface area (Å²) in [6.07, 6.45) is 3.68. The minimum atomic E-state index is 0.882. The third-order valence-electron chi connectivity index (χ3n) is 3.19. The van der Waals surface area contributed by atoms with Crippen molar-refractivity contribution in [2.75, 3.05) is 18.0 Å². The van der Waals surface area contributed by atoms with E-state index in [9.17, 15) is 0 Å². The van der Waals surface area contributed by atoms with E-state index in [1.807, 2.05) is 12.4 Å². The van der Waals surface area contributed by atoms with E-state index in [0.717, 1.165) is 37.0 Å². The van der Waals surface area contributed by atoms with Crippen LogP contribution in [0, 0.1) is 6.92 Å². The van der Waals surface area contributed by atoms with Gasteiger partial charge in [-0.2, -0.15) is 0 Å². The first-order valence-electron chi connectivity index (χ1n) is 7.05. The lowest BCUT2D eigenvalue weighted by atomic mass is 10.2. The van der Waals surface area contributed by atoms with Crippen molar-refractivity contribution in [3.8, 4) is 0 Å². The van der Waals surface area contributed by atoms with Gasteiger partial charge in [-0.25, -0.2) is 4.98 Å². The number of hydrogen-bond donors (Lipinski definition) is 1. The first-order chi connectivity index (χ1) is 9.74. The van der Waals surface area contributed by atoms with Crippen molar-refractivity contribution in [2.24, 2.45) is 0 Å². The summed E-state index contributed by atoms with van der Waals surface area (Å²) in [5.74, 6) is 0. The Balaban J connectivity index is 2.11. The van der Waals surface area contributed by atoms with Crippen LogP contribution in [-0.4, -0.2) is 23.1 Å². The number of nitrogens with one attached hydrogen (secondary N) is 1. The number of hydrogen-bond acceptors (Lipinski definition) is 5. The van der Waals surface area contributed by atoms with Gasteiger partial charge < -0.3 is 10.2 Å². The SMILES string of the molecule is CCNCc1sc(N(CC)Cc2ccncc2)nc1C. The number of thiazole rings is 1. The molecule has 2 rings (SSSR count). The van der Waals surface area contributed by atoms with Gasteiger partial charge in [-0.05, 0) is 38.1 Å². The third-order valence-corrected chi connectivity index (χ3v) is 4.41. The van der Waals surface area contributed by atoms with Crippen LogP contribution in [0.25, 0.3) is 0 Å². The fourth-order valence-electron chi connectivity index (χ4n) is 1.97. The number of anilines is 1. The van der Waals surface area contributed by atoms with Crippen LogP contribution < -0.4 is 10.2 Å². The van der Waals surface area contributed by atoms with Crippen molar-refractivity contribution in [3.63, 3.8) is 0 Å². The molecule has 5 heteroatoms. The lowest BCUT2D eigenvalue weighted by Gasteiger charge is -2.19. The maximum absolute atomic E-state index is 4.72. The first kappa shape index (κ1) is 14.9. The van der Waals surface area contributed by atoms with Crippen molar-refractivity contribution < 1.29 is 0 Å². The van der Waals surface area contributed by atoms with Crippen molar-refractivity contribution in [2.45, 2.75) is 33.9 Å². The molecule has 0 fully saturated rings. The van der Waals surface area contributed by atoms with E-state index < -0.39 is 0 Å². The Labute approximate surface area is 124 Å². The van der Waals surface area contributed by atoms with Crippen molar-refractivity contribution >= 4 is 16.5 Å². The van der Waals surface area contributed by atoms with Crippen LogP contribution in [0.4, 0.5) is 5.13 Å². The van der Waals surface area contributed by atoms with Crippen molar-refractivity contribution in [1.82, 2.24) is 15.3 Å². The summed E-state index contributed by atoms with van der Waals surface area (Å²) in [7, 11) is 0. The van der Waals surface area contributed by atoms with E-state index in [-0.39, 0.29) is 0 Å². The monoisotopic (exact) mass is 290 g/mol. The van der Waals surface area contributed by atoms with E-state index in [1.54, 1.807) is 11.3 Å². The molecule has 0 aliphatic heterocycles. The average molecular weight is 290 g/mol. The molecule has 0 aliphatic carbocycles. The van der Waals surface area contributed by atoms with Crippen LogP contribution in [0.15, 0.2) is 24.5 Å². The summed E-state index contributed by atoms with van der Waals surface area (Å²) >= 11 is 1.79. The number of nitrogens with zero attached hydrogens (tertiary/aromatic N) is 3. The Hall–Kier alpha value is -1.46. The molecule has 0 aromatic carbocycles. The molecule has 0 unspecified atom stereocenters. The van der Waals surface area contributed by atoms with Crippen molar-refractivity contribution in [1.29, 1.82) is 0 Å². The third kappa shape index (κ3) is 3.77. The molecule has 2 heterocycles. The molecule has 2 aromatic rings. The molecule has 4 nitrogen and oxygen atoms in total. The zero-order valence-corrected chi connectivity index (χ0v) is 13.2. The van der Waals surface area contributed by atoms with Crippen molar-refractivity contribution in [3.05, 3.63) is 40.7 Å². The standard InChI is InChI=1S/C15H22N4S/c1-4-16-10-14-12(3)18-15(20-14)19(5-2)11-13-6-8-17-9-7-13/h6-9,16H,4-5,10-11H2,1-3H3. The summed E-state index contributed by atoms with van der Waals surface area (Å²) in [5.41, 5.74) is 2.40. The zero-order valence-electron chi connectivity index (χ0n) is 12.4. The van der Waals surface area contributed by atoms with Gasteiger partial charge in [0.05, 0.1) is 5.69 Å². The number of aromatic nitrogens is 2. The Morgan fingerprint density at radius 1 is 1.25 bits per heavy atom. The molecule has 0 saturated carbocycles. The van der Waals surface area contributed by atoms with Crippen LogP contribution in [0.3, 0.4) is 0 Å². The van der Waals surface area contributed by atoms with Gasteiger partial charge in [-0.15, -0.1) is 11.3 Å². The topological polar surface area (TPSA) is 41.0 Å². The molecular formula is C15H22N4S. The second-order valence-electron chi connectivity index (χ2n) is 4.65. The summed E-state index contributed by atoms with van der Waals surface area (Å²) in [5, 5.41) is 4.48. The largest absolute Gasteiger partial charge is 0.344 e. The maximum atomic E-state index is 4.72. The molecule has 0 bridgehead atoms. The molecular weight excluding hydrogens is 268 g/mol. The van der Waals surface area contributed by atoms with Crippen LogP contribution in [0.2, 0.25) is 0 Å². The molecule has 2 aromatic heterocycles. The molecule has 0 radical (unpaired) electrons. The van der Waals surface area contributed by atoms with E-state index in [4.69, 9.17) is 4.98 Å². The minimum Gasteiger partial charge on any atom is -0.344 e. The first-order valence-corrected chi connectivity index (χ1v) is 7.87. The van der Waals surface area contributed by atoms with E-state index in [1.165, 1.54) is 10.4 Å². The van der Waals surface area contributed by atoms with Gasteiger partial charge in [0.1, 0.15) is 0 Å². The Morgan fingerprint density at radius 2 is 2.00 bits per heavy atom. The van der Waals surface area contributed by atoms with Gasteiger partial charge in [0.25, 0.3) is 0 Å². The number of rotatable bonds is 7. The van der Waals surface area contributed by atoms with Gasteiger partial charge in [0.2, 0.25) is 0 Å². The quantitative estimate of drug-likeness (QED) is 0.851. The molecule has 0 saturated heterocycles. The lowest BCUT2D eigenvalue weighted by molar-refractivity contribution is 0.730. The summed E-state index contributed by atoms with van der Waals surface area (Å²) in [6, 6.07) is 4.12. The smallest absolute Gasteiger partial charge is 0.186 e. The molecule has 108 valence electrons. The minimum absolute atomic E-state index is 0.882. The van der Waals surface area contributed by atoms with Crippen LogP contribution in [0.5, 0.6) is 0 Å². The predicted octanol–water partition coefficient (Wildman–Crippen LogP) is 2.98. The molecule has 1 N–H and O–H groups in total. The van der Waals surface area contributed by atoms with Gasteiger partial charge in [0.15, 0.2) is 5.13 Å². The van der Waals surface area contributed by atoms with Gasteiger partial charge in [0, 0.05) is 36.9 Å². The molecule has 0 spiro atoms. The number of pyridine rings is 1. The Morgan fingerprint density at radius 3 is 2.65 bits per heavy atom. The molecule has 0 aliphatic rings. The van der Waals surface area contributed by atoms with E-state index in [2.05, 4.69) is 48.1 Å². The predicted molar refractivity (Wildman–Crippen MR) is 85.2 cm³/mol. The molecule has 20 heavy (non-hydrogen) atoms. The Kier molecular flexibility index (Phi) is 5.49. The Bertz CT molecular complexity index is 524. The van der Waals surface area contributed by atoms with E-state index in [0.29, 0.717) is 0 Å². The van der Waals surface area contributed by atoms with Crippen LogP contribution in [0.1, 0.15) is 30.0 Å². The summed E-state index contributed by atoms with van der Waals surface area (Å²) in [6.45, 7) is 10.1. The highest BCUT2D eigenvalue weighted by Gasteiger charge is 2.13. The fraction of sp³-hybridized carbons (Fsp3) is 0.467. The van der Waals surface area contributed by atoms with Crippen LogP contribution >= 0.6 is 11.3 Å². The fourth-order valence-corrected chi connectivity index (χ4v) is 3.07. The van der Waals surface area contributed by atoms with E-state index >= 15 is 0 Å². The summed E-state index contributed by atoms with van der Waals surface area (Å²) in [4.78, 5) is 12.4. The highest BCUT2D eigenvalue weighted by Crippen LogP contribution is 2.27. The van der Waals surface area contributed by atoms with Gasteiger partial charge in [-0.3, -0.25) is 4.98 Å². The lowest BCUT2D eigenvalue weighted by Crippen LogP contribution is -2.21.